The molecule has 1 heterocycles. The summed E-state index contributed by atoms with van der Waals surface area (Å²) in [7, 11) is -2.71. The van der Waals surface area contributed by atoms with E-state index in [1.807, 2.05) is 11.8 Å². The molecule has 0 radical (unpaired) electrons. The zero-order chi connectivity index (χ0) is 23.4. The predicted octanol–water partition coefficient (Wildman–Crippen LogP) is 5.16. The molecule has 2 N–H and O–H groups in total. The number of rotatable bonds is 9. The van der Waals surface area contributed by atoms with Gasteiger partial charge in [-0.1, -0.05) is 0 Å². The van der Waals surface area contributed by atoms with Gasteiger partial charge in [0, 0.05) is 52.6 Å². The Kier molecular flexibility index (Phi) is 8.23. The van der Waals surface area contributed by atoms with Gasteiger partial charge in [0.25, 0.3) is 5.91 Å². The maximum atomic E-state index is 12.7. The molecule has 12 heteroatoms. The van der Waals surface area contributed by atoms with Gasteiger partial charge in [-0.05, 0) is 60.1 Å². The number of halogens is 4. The summed E-state index contributed by atoms with van der Waals surface area (Å²) in [6.45, 7) is 4.61. The van der Waals surface area contributed by atoms with Gasteiger partial charge in [0.05, 0.1) is 15.3 Å². The Morgan fingerprint density at radius 3 is 2.52 bits per heavy atom. The van der Waals surface area contributed by atoms with Gasteiger partial charge in [-0.25, -0.2) is 9.19 Å². The van der Waals surface area contributed by atoms with E-state index in [0.29, 0.717) is 29.1 Å². The Morgan fingerprint density at radius 2 is 2.03 bits per heavy atom. The van der Waals surface area contributed by atoms with Gasteiger partial charge >= 0.3 is 5.57 Å². The third-order valence-electron chi connectivity index (χ3n) is 4.36. The maximum Gasteiger partial charge on any atom is 0.487 e. The molecule has 7 nitrogen and oxygen atoms in total. The molecular weight excluding hydrogens is 518 g/mol. The number of benzene rings is 1. The molecule has 170 valence electrons. The molecule has 0 saturated carbocycles. The van der Waals surface area contributed by atoms with Crippen LogP contribution in [0.1, 0.15) is 24.2 Å². The first-order valence-corrected chi connectivity index (χ1v) is 12.3. The van der Waals surface area contributed by atoms with Gasteiger partial charge in [-0.2, -0.15) is 0 Å². The summed E-state index contributed by atoms with van der Waals surface area (Å²) in [5.41, 5.74) is -3.18. The average Bonchev–Trinajstić information content (AvgIpc) is 2.65. The Balaban J connectivity index is 2.12. The summed E-state index contributed by atoms with van der Waals surface area (Å²) in [6, 6.07) is 6.90. The normalized spacial score (nSPS) is 14.4. The number of carbonyl (C=O) groups excluding carboxylic acids is 1. The summed E-state index contributed by atoms with van der Waals surface area (Å²) >= 11 is 8.14. The molecular formula is C19H22BrClF2N4O3S. The van der Waals surface area contributed by atoms with Crippen LogP contribution in [0.3, 0.4) is 0 Å². The van der Waals surface area contributed by atoms with Crippen LogP contribution in [0.5, 0.6) is 5.75 Å². The number of aromatic nitrogens is 1. The van der Waals surface area contributed by atoms with Crippen LogP contribution in [-0.4, -0.2) is 45.3 Å². The van der Waals surface area contributed by atoms with Crippen molar-refractivity contribution < 1.29 is 22.5 Å². The Bertz CT molecular complexity index is 1030. The number of hydrogen-bond donors (Lipinski definition) is 2. The summed E-state index contributed by atoms with van der Waals surface area (Å²) in [4.78, 5) is 18.7. The molecule has 1 amide bonds. The smallest absolute Gasteiger partial charge is 0.420 e. The third kappa shape index (κ3) is 7.58. The first-order valence-electron chi connectivity index (χ1n) is 9.10. The fourth-order valence-corrected chi connectivity index (χ4v) is 3.70. The van der Waals surface area contributed by atoms with Crippen LogP contribution in [0.2, 0.25) is 0 Å². The third-order valence-corrected chi connectivity index (χ3v) is 6.70. The highest BCUT2D eigenvalue weighted by atomic mass is 79.9. The van der Waals surface area contributed by atoms with Crippen molar-refractivity contribution in [1.82, 2.24) is 4.98 Å². The van der Waals surface area contributed by atoms with Crippen molar-refractivity contribution in [2.75, 3.05) is 29.6 Å². The second-order valence-electron chi connectivity index (χ2n) is 6.81. The number of ether oxygens (including phenoxy) is 1. The van der Waals surface area contributed by atoms with Crippen LogP contribution in [0.4, 0.5) is 20.3 Å². The number of pyridine rings is 1. The summed E-state index contributed by atoms with van der Waals surface area (Å²) in [5.74, 6) is -0.0300. The minimum absolute atomic E-state index is 0.149. The number of anilines is 2. The van der Waals surface area contributed by atoms with Crippen molar-refractivity contribution in [3.05, 3.63) is 46.6 Å². The van der Waals surface area contributed by atoms with E-state index in [1.165, 1.54) is 36.7 Å². The van der Waals surface area contributed by atoms with Gasteiger partial charge < -0.3 is 15.0 Å². The topological polar surface area (TPSA) is 95.4 Å². The number of amides is 1. The monoisotopic (exact) mass is 538 g/mol. The predicted molar refractivity (Wildman–Crippen MR) is 122 cm³/mol. The highest BCUT2D eigenvalue weighted by molar-refractivity contribution is 9.10. The van der Waals surface area contributed by atoms with E-state index in [-0.39, 0.29) is 16.6 Å². The van der Waals surface area contributed by atoms with E-state index in [1.54, 1.807) is 13.0 Å². The van der Waals surface area contributed by atoms with E-state index in [9.17, 15) is 17.8 Å². The zero-order valence-electron chi connectivity index (χ0n) is 17.0. The van der Waals surface area contributed by atoms with E-state index in [2.05, 4.69) is 31.0 Å². The van der Waals surface area contributed by atoms with E-state index >= 15 is 0 Å². The molecule has 0 saturated heterocycles. The van der Waals surface area contributed by atoms with Crippen molar-refractivity contribution >= 4 is 54.7 Å². The average molecular weight is 540 g/mol. The molecule has 0 aliphatic rings. The number of carbonyl (C=O) groups is 1. The van der Waals surface area contributed by atoms with Crippen LogP contribution in [0.25, 0.3) is 0 Å². The molecule has 0 bridgehead atoms. The first kappa shape index (κ1) is 25.3. The molecule has 31 heavy (non-hydrogen) atoms. The van der Waals surface area contributed by atoms with E-state index in [4.69, 9.17) is 16.4 Å². The second-order valence-corrected chi connectivity index (χ2v) is 10.7. The number of alkyl halides is 3. The maximum absolute atomic E-state index is 12.7. The van der Waals surface area contributed by atoms with Crippen LogP contribution < -0.4 is 15.0 Å². The first-order chi connectivity index (χ1) is 14.3. The van der Waals surface area contributed by atoms with Crippen molar-refractivity contribution in [1.29, 1.82) is 4.78 Å². The standard InChI is InChI=1S/C19H22BrClF2N4O3S/c1-4-27(11-12(2)31(3,24)29)17-16(20)9-13(10-25-17)18(28)26-14-5-7-15(8-6-14)30-19(21,22)23/h5-10,12,24H,4,11H2,1-3H3,(H,26,28)/t12-,31?/m1/s1. The lowest BCUT2D eigenvalue weighted by Crippen LogP contribution is -2.35. The lowest BCUT2D eigenvalue weighted by Gasteiger charge is -2.26. The highest BCUT2D eigenvalue weighted by Crippen LogP contribution is 2.27. The lowest BCUT2D eigenvalue weighted by atomic mass is 10.2. The van der Waals surface area contributed by atoms with Gasteiger partial charge in [0.1, 0.15) is 11.6 Å². The summed E-state index contributed by atoms with van der Waals surface area (Å²) in [5, 5.41) is 2.27. The summed E-state index contributed by atoms with van der Waals surface area (Å²) < 4.78 is 49.8. The van der Waals surface area contributed by atoms with Gasteiger partial charge in [-0.15, -0.1) is 8.78 Å². The van der Waals surface area contributed by atoms with Gasteiger partial charge in [0.2, 0.25) is 0 Å². The van der Waals surface area contributed by atoms with Crippen molar-refractivity contribution in [3.8, 4) is 5.75 Å². The number of nitrogens with zero attached hydrogens (tertiary/aromatic N) is 2. The molecule has 1 unspecified atom stereocenters. The summed E-state index contributed by atoms with van der Waals surface area (Å²) in [6.07, 6.45) is 2.81. The van der Waals surface area contributed by atoms with E-state index in [0.717, 1.165) is 0 Å². The number of nitrogens with one attached hydrogen (secondary N) is 2. The molecule has 1 aromatic heterocycles. The number of hydrogen-bond acceptors (Lipinski definition) is 6. The van der Waals surface area contributed by atoms with Crippen LogP contribution in [0.15, 0.2) is 41.0 Å². The Labute approximate surface area is 193 Å². The molecule has 0 aliphatic heterocycles. The fraction of sp³-hybridized carbons (Fsp3) is 0.368. The van der Waals surface area contributed by atoms with Crippen LogP contribution in [0, 0.1) is 4.78 Å². The van der Waals surface area contributed by atoms with Crippen LogP contribution >= 0.6 is 27.5 Å². The largest absolute Gasteiger partial charge is 0.487 e. The highest BCUT2D eigenvalue weighted by Gasteiger charge is 2.27. The fourth-order valence-electron chi connectivity index (χ4n) is 2.55. The molecule has 2 atom stereocenters. The Hall–Kier alpha value is -1.98. The zero-order valence-corrected chi connectivity index (χ0v) is 20.2. The lowest BCUT2D eigenvalue weighted by molar-refractivity contribution is -0.0964. The molecule has 2 rings (SSSR count). The minimum Gasteiger partial charge on any atom is -0.420 e. The van der Waals surface area contributed by atoms with Gasteiger partial charge in [0.15, 0.2) is 0 Å². The molecule has 1 aromatic carbocycles. The van der Waals surface area contributed by atoms with Crippen molar-refractivity contribution in [3.63, 3.8) is 0 Å². The van der Waals surface area contributed by atoms with Crippen molar-refractivity contribution in [2.45, 2.75) is 24.7 Å². The van der Waals surface area contributed by atoms with E-state index < -0.39 is 21.2 Å². The minimum atomic E-state index is -3.82. The quantitative estimate of drug-likeness (QED) is 0.430. The van der Waals surface area contributed by atoms with Crippen molar-refractivity contribution in [2.24, 2.45) is 0 Å². The SMILES string of the molecule is CCN(C[C@@H](C)S(C)(=N)=O)c1ncc(C(=O)Nc2ccc(OC(F)(F)Cl)cc2)cc1Br. The second kappa shape index (κ2) is 10.1. The molecule has 0 aliphatic carbocycles. The molecule has 0 spiro atoms. The molecule has 0 fully saturated rings. The van der Waals surface area contributed by atoms with Gasteiger partial charge in [-0.3, -0.25) is 9.57 Å². The van der Waals surface area contributed by atoms with Crippen LogP contribution in [-0.2, 0) is 9.73 Å². The molecule has 2 aromatic rings. The Morgan fingerprint density at radius 1 is 1.42 bits per heavy atom.